The normalized spacial score (nSPS) is 36.0. The molecule has 1 saturated carbocycles. The lowest BCUT2D eigenvalue weighted by molar-refractivity contribution is -0.109. The Labute approximate surface area is 122 Å². The summed E-state index contributed by atoms with van der Waals surface area (Å²) in [7, 11) is 0. The molecule has 20 heavy (non-hydrogen) atoms. The second-order valence-corrected chi connectivity index (χ2v) is 7.12. The first-order valence-electron chi connectivity index (χ1n) is 7.81. The van der Waals surface area contributed by atoms with E-state index >= 15 is 0 Å². The van der Waals surface area contributed by atoms with Crippen LogP contribution in [0.5, 0.6) is 0 Å². The molecule has 110 valence electrons. The van der Waals surface area contributed by atoms with Gasteiger partial charge < -0.3 is 9.47 Å². The first-order valence-corrected chi connectivity index (χ1v) is 7.81. The molecule has 0 radical (unpaired) electrons. The number of fused-ring (bicyclic) bond motifs is 1. The summed E-state index contributed by atoms with van der Waals surface area (Å²) >= 11 is 0. The molecule has 2 fully saturated rings. The van der Waals surface area contributed by atoms with Crippen molar-refractivity contribution in [3.8, 4) is 0 Å². The highest BCUT2D eigenvalue weighted by atomic mass is 16.6. The highest BCUT2D eigenvalue weighted by Gasteiger charge is 2.60. The van der Waals surface area contributed by atoms with Crippen LogP contribution < -0.4 is 0 Å². The van der Waals surface area contributed by atoms with Crippen LogP contribution in [0, 0.1) is 12.8 Å². The maximum Gasteiger partial charge on any atom is 0.0922 e. The van der Waals surface area contributed by atoms with Gasteiger partial charge in [0, 0.05) is 6.42 Å². The third-order valence-corrected chi connectivity index (χ3v) is 5.27. The number of aryl methyl sites for hydroxylation is 1. The van der Waals surface area contributed by atoms with Gasteiger partial charge >= 0.3 is 0 Å². The molecule has 1 saturated heterocycles. The summed E-state index contributed by atoms with van der Waals surface area (Å²) in [4.78, 5) is 0. The van der Waals surface area contributed by atoms with E-state index in [9.17, 15) is 0 Å². The van der Waals surface area contributed by atoms with Crippen LogP contribution in [0.3, 0.4) is 0 Å². The summed E-state index contributed by atoms with van der Waals surface area (Å²) in [6.45, 7) is 9.64. The molecular formula is C18H26O2. The fraction of sp³-hybridized carbons (Fsp3) is 0.667. The largest absolute Gasteiger partial charge is 0.370 e. The van der Waals surface area contributed by atoms with E-state index in [2.05, 4.69) is 52.0 Å². The summed E-state index contributed by atoms with van der Waals surface area (Å²) in [6, 6.07) is 8.61. The lowest BCUT2D eigenvalue weighted by atomic mass is 9.73. The fourth-order valence-corrected chi connectivity index (χ4v) is 3.50. The van der Waals surface area contributed by atoms with E-state index in [1.807, 2.05) is 0 Å². The molecule has 1 aliphatic carbocycles. The second kappa shape index (κ2) is 4.85. The number of ether oxygens (including phenoxy) is 2. The average molecular weight is 274 g/mol. The molecule has 1 aromatic carbocycles. The van der Waals surface area contributed by atoms with Crippen LogP contribution in [0.1, 0.15) is 51.2 Å². The van der Waals surface area contributed by atoms with Gasteiger partial charge in [-0.15, -0.1) is 0 Å². The van der Waals surface area contributed by atoms with Crippen molar-refractivity contribution in [3.05, 3.63) is 35.4 Å². The van der Waals surface area contributed by atoms with E-state index < -0.39 is 0 Å². The molecule has 3 rings (SSSR count). The summed E-state index contributed by atoms with van der Waals surface area (Å²) in [5.74, 6) is 0.529. The molecule has 0 spiro atoms. The molecule has 0 bridgehead atoms. The third kappa shape index (κ3) is 2.51. The zero-order valence-corrected chi connectivity index (χ0v) is 13.1. The third-order valence-electron chi connectivity index (χ3n) is 5.27. The van der Waals surface area contributed by atoms with Gasteiger partial charge in [-0.05, 0) is 38.2 Å². The molecule has 0 amide bonds. The maximum atomic E-state index is 6.44. The van der Waals surface area contributed by atoms with Gasteiger partial charge in [0.05, 0.1) is 23.9 Å². The lowest BCUT2D eigenvalue weighted by Crippen LogP contribution is -2.44. The van der Waals surface area contributed by atoms with Gasteiger partial charge in [-0.3, -0.25) is 0 Å². The van der Waals surface area contributed by atoms with Crippen molar-refractivity contribution in [3.63, 3.8) is 0 Å². The van der Waals surface area contributed by atoms with E-state index in [0.29, 0.717) is 18.6 Å². The van der Waals surface area contributed by atoms with Crippen molar-refractivity contribution in [2.45, 2.75) is 70.9 Å². The van der Waals surface area contributed by atoms with Crippen molar-refractivity contribution in [2.24, 2.45) is 5.92 Å². The monoisotopic (exact) mass is 274 g/mol. The minimum absolute atomic E-state index is 0.00950. The zero-order valence-electron chi connectivity index (χ0n) is 13.1. The van der Waals surface area contributed by atoms with Gasteiger partial charge in [0.2, 0.25) is 0 Å². The summed E-state index contributed by atoms with van der Waals surface area (Å²) < 4.78 is 12.3. The summed E-state index contributed by atoms with van der Waals surface area (Å²) in [6.07, 6.45) is 3.70. The van der Waals surface area contributed by atoms with Crippen LogP contribution in [0.4, 0.5) is 0 Å². The van der Waals surface area contributed by atoms with Crippen molar-refractivity contribution in [1.82, 2.24) is 0 Å². The van der Waals surface area contributed by atoms with Gasteiger partial charge in [0.25, 0.3) is 0 Å². The van der Waals surface area contributed by atoms with Gasteiger partial charge in [0.1, 0.15) is 0 Å². The average Bonchev–Trinajstić information content (AvgIpc) is 3.06. The quantitative estimate of drug-likeness (QED) is 0.766. The molecule has 2 aliphatic rings. The van der Waals surface area contributed by atoms with Crippen molar-refractivity contribution in [2.75, 3.05) is 0 Å². The Bertz CT molecular complexity index is 496. The van der Waals surface area contributed by atoms with Crippen LogP contribution in [0.25, 0.3) is 0 Å². The number of hydrogen-bond acceptors (Lipinski definition) is 2. The Balaban J connectivity index is 1.69. The Kier molecular flexibility index (Phi) is 3.42. The smallest absolute Gasteiger partial charge is 0.0922 e. The van der Waals surface area contributed by atoms with Gasteiger partial charge in [0.15, 0.2) is 0 Å². The van der Waals surface area contributed by atoms with E-state index in [1.54, 1.807) is 0 Å². The number of benzene rings is 1. The molecule has 3 atom stereocenters. The van der Waals surface area contributed by atoms with Crippen LogP contribution >= 0.6 is 0 Å². The van der Waals surface area contributed by atoms with Crippen molar-refractivity contribution >= 4 is 0 Å². The zero-order chi connectivity index (χ0) is 14.4. The molecule has 0 N–H and O–H groups in total. The molecule has 1 aliphatic heterocycles. The standard InChI is InChI=1S/C18H26O2/c1-13(2)18(9-8-17(4)16(11-18)20-17)19-12-15-7-5-6-14(3)10-15/h5-7,10,13,16H,8-9,11-12H2,1-4H3/t16-,17+,18+/m0/s1. The highest BCUT2D eigenvalue weighted by Crippen LogP contribution is 2.53. The first kappa shape index (κ1) is 14.1. The molecule has 2 heteroatoms. The van der Waals surface area contributed by atoms with Gasteiger partial charge in [-0.1, -0.05) is 43.7 Å². The first-order chi connectivity index (χ1) is 9.43. The number of hydrogen-bond donors (Lipinski definition) is 0. The Morgan fingerprint density at radius 2 is 2.15 bits per heavy atom. The number of rotatable bonds is 4. The second-order valence-electron chi connectivity index (χ2n) is 7.12. The summed E-state index contributed by atoms with van der Waals surface area (Å²) in [5.41, 5.74) is 2.72. The molecular weight excluding hydrogens is 248 g/mol. The minimum atomic E-state index is -0.00950. The Hall–Kier alpha value is -0.860. The molecule has 0 aromatic heterocycles. The maximum absolute atomic E-state index is 6.44. The van der Waals surface area contributed by atoms with Crippen LogP contribution in [-0.4, -0.2) is 17.3 Å². The Morgan fingerprint density at radius 1 is 1.35 bits per heavy atom. The molecule has 2 nitrogen and oxygen atoms in total. The van der Waals surface area contributed by atoms with E-state index in [0.717, 1.165) is 19.3 Å². The molecule has 0 unspecified atom stereocenters. The predicted octanol–water partition coefficient (Wildman–Crippen LogP) is 4.25. The predicted molar refractivity (Wildman–Crippen MR) is 80.7 cm³/mol. The van der Waals surface area contributed by atoms with Crippen LogP contribution in [0.2, 0.25) is 0 Å². The van der Waals surface area contributed by atoms with Crippen molar-refractivity contribution < 1.29 is 9.47 Å². The van der Waals surface area contributed by atoms with Crippen molar-refractivity contribution in [1.29, 1.82) is 0 Å². The van der Waals surface area contributed by atoms with Gasteiger partial charge in [-0.2, -0.15) is 0 Å². The lowest BCUT2D eigenvalue weighted by Gasteiger charge is -2.40. The van der Waals surface area contributed by atoms with E-state index in [1.165, 1.54) is 11.1 Å². The van der Waals surface area contributed by atoms with E-state index in [4.69, 9.17) is 9.47 Å². The minimum Gasteiger partial charge on any atom is -0.370 e. The van der Waals surface area contributed by atoms with Crippen LogP contribution in [-0.2, 0) is 16.1 Å². The summed E-state index contributed by atoms with van der Waals surface area (Å²) in [5, 5.41) is 0. The highest BCUT2D eigenvalue weighted by molar-refractivity contribution is 5.21. The van der Waals surface area contributed by atoms with Gasteiger partial charge in [-0.25, -0.2) is 0 Å². The topological polar surface area (TPSA) is 21.8 Å². The fourth-order valence-electron chi connectivity index (χ4n) is 3.50. The SMILES string of the molecule is Cc1cccc(CO[C@]2(C(C)C)CC[C@@]3(C)O[C@H]3C2)c1. The Morgan fingerprint density at radius 3 is 2.80 bits per heavy atom. The number of epoxide rings is 1. The molecule has 1 aromatic rings. The molecule has 1 heterocycles. The van der Waals surface area contributed by atoms with Crippen LogP contribution in [0.15, 0.2) is 24.3 Å². The van der Waals surface area contributed by atoms with E-state index in [-0.39, 0.29) is 11.2 Å².